The van der Waals surface area contributed by atoms with Crippen LogP contribution in [0.25, 0.3) is 0 Å². The zero-order chi connectivity index (χ0) is 14.3. The van der Waals surface area contributed by atoms with Crippen LogP contribution < -0.4 is 5.32 Å². The van der Waals surface area contributed by atoms with Crippen LogP contribution in [0.4, 0.5) is 0 Å². The van der Waals surface area contributed by atoms with Crippen molar-refractivity contribution in [1.82, 2.24) is 10.2 Å². The number of rotatable bonds is 7. The molecule has 0 unspecified atom stereocenters. The van der Waals surface area contributed by atoms with Gasteiger partial charge in [0.15, 0.2) is 0 Å². The zero-order valence-corrected chi connectivity index (χ0v) is 11.2. The topological polar surface area (TPSA) is 82.0 Å². The van der Waals surface area contributed by atoms with E-state index >= 15 is 0 Å². The van der Waals surface area contributed by atoms with Crippen molar-refractivity contribution in [1.29, 1.82) is 0 Å². The van der Waals surface area contributed by atoms with E-state index in [4.69, 9.17) is 4.74 Å². The molecule has 0 radical (unpaired) electrons. The average Bonchev–Trinajstić information content (AvgIpc) is 2.33. The highest BCUT2D eigenvalue weighted by molar-refractivity contribution is 5.99. The van der Waals surface area contributed by atoms with Crippen LogP contribution in [0.5, 0.6) is 11.5 Å². The summed E-state index contributed by atoms with van der Waals surface area (Å²) in [7, 11) is 3.90. The van der Waals surface area contributed by atoms with E-state index in [9.17, 15) is 15.0 Å². The maximum Gasteiger partial charge on any atom is 0.258 e. The highest BCUT2D eigenvalue weighted by Gasteiger charge is 2.14. The molecular weight excluding hydrogens is 248 g/mol. The number of amides is 1. The Hall–Kier alpha value is -1.79. The van der Waals surface area contributed by atoms with Crippen molar-refractivity contribution in [2.24, 2.45) is 0 Å². The van der Waals surface area contributed by atoms with Gasteiger partial charge in [0.2, 0.25) is 0 Å². The van der Waals surface area contributed by atoms with Crippen molar-refractivity contribution in [2.45, 2.75) is 0 Å². The molecule has 0 aliphatic heterocycles. The number of aromatic hydroxyl groups is 2. The lowest BCUT2D eigenvalue weighted by Crippen LogP contribution is -2.28. The fourth-order valence-electron chi connectivity index (χ4n) is 1.44. The minimum Gasteiger partial charge on any atom is -0.507 e. The Morgan fingerprint density at radius 1 is 1.26 bits per heavy atom. The number of hydrogen-bond acceptors (Lipinski definition) is 5. The van der Waals surface area contributed by atoms with E-state index in [0.29, 0.717) is 19.8 Å². The minimum absolute atomic E-state index is 0.115. The fraction of sp³-hybridized carbons (Fsp3) is 0.462. The first kappa shape index (κ1) is 15.3. The van der Waals surface area contributed by atoms with Crippen LogP contribution in [0.1, 0.15) is 10.4 Å². The number of carbonyl (C=O) groups is 1. The number of phenolic OH excluding ortho intramolecular Hbond substituents is 2. The van der Waals surface area contributed by atoms with Crippen molar-refractivity contribution >= 4 is 5.91 Å². The summed E-state index contributed by atoms with van der Waals surface area (Å²) in [5, 5.41) is 21.6. The van der Waals surface area contributed by atoms with Crippen molar-refractivity contribution in [3.8, 4) is 11.5 Å². The second-order valence-corrected chi connectivity index (χ2v) is 4.34. The third-order valence-electron chi connectivity index (χ3n) is 2.46. The molecule has 1 aromatic rings. The SMILES string of the molecule is CN(C)CCOCCNC(=O)c1c(O)cccc1O. The van der Waals surface area contributed by atoms with Crippen LogP contribution in [0.3, 0.4) is 0 Å². The normalized spacial score (nSPS) is 10.7. The lowest BCUT2D eigenvalue weighted by molar-refractivity contribution is 0.0895. The molecule has 0 aliphatic rings. The predicted molar refractivity (Wildman–Crippen MR) is 71.5 cm³/mol. The van der Waals surface area contributed by atoms with Gasteiger partial charge in [0, 0.05) is 13.1 Å². The summed E-state index contributed by atoms with van der Waals surface area (Å²) in [6, 6.07) is 4.16. The molecule has 1 aromatic carbocycles. The summed E-state index contributed by atoms with van der Waals surface area (Å²) in [6.45, 7) is 2.10. The van der Waals surface area contributed by atoms with Gasteiger partial charge in [0.05, 0.1) is 13.2 Å². The van der Waals surface area contributed by atoms with E-state index in [1.807, 2.05) is 19.0 Å². The zero-order valence-electron chi connectivity index (χ0n) is 11.2. The van der Waals surface area contributed by atoms with Crippen LogP contribution in [-0.2, 0) is 4.74 Å². The number of phenols is 2. The molecule has 1 rings (SSSR count). The lowest BCUT2D eigenvalue weighted by atomic mass is 10.1. The smallest absolute Gasteiger partial charge is 0.258 e. The quantitative estimate of drug-likeness (QED) is 0.624. The molecule has 0 saturated heterocycles. The van der Waals surface area contributed by atoms with Gasteiger partial charge in [0.25, 0.3) is 5.91 Å². The summed E-state index contributed by atoms with van der Waals surface area (Å²) >= 11 is 0. The van der Waals surface area contributed by atoms with Crippen molar-refractivity contribution in [3.05, 3.63) is 23.8 Å². The molecular formula is C13H20N2O4. The summed E-state index contributed by atoms with van der Waals surface area (Å²) in [6.07, 6.45) is 0. The third kappa shape index (κ3) is 5.15. The monoisotopic (exact) mass is 268 g/mol. The number of likely N-dealkylation sites (N-methyl/N-ethyl adjacent to an activating group) is 1. The molecule has 0 saturated carbocycles. The second kappa shape index (κ2) is 7.60. The Morgan fingerprint density at radius 2 is 1.89 bits per heavy atom. The van der Waals surface area contributed by atoms with Gasteiger partial charge in [-0.05, 0) is 26.2 Å². The van der Waals surface area contributed by atoms with E-state index in [1.54, 1.807) is 0 Å². The highest BCUT2D eigenvalue weighted by atomic mass is 16.5. The number of carbonyl (C=O) groups excluding carboxylic acids is 1. The fourth-order valence-corrected chi connectivity index (χ4v) is 1.44. The van der Waals surface area contributed by atoms with E-state index in [1.165, 1.54) is 18.2 Å². The van der Waals surface area contributed by atoms with Crippen LogP contribution in [0, 0.1) is 0 Å². The lowest BCUT2D eigenvalue weighted by Gasteiger charge is -2.11. The molecule has 0 aliphatic carbocycles. The summed E-state index contributed by atoms with van der Waals surface area (Å²) in [4.78, 5) is 13.7. The predicted octanol–water partition coefficient (Wildman–Crippen LogP) is 0.406. The van der Waals surface area contributed by atoms with Crippen molar-refractivity contribution in [2.75, 3.05) is 40.4 Å². The van der Waals surface area contributed by atoms with Gasteiger partial charge >= 0.3 is 0 Å². The Bertz CT molecular complexity index is 401. The number of benzene rings is 1. The summed E-state index contributed by atoms with van der Waals surface area (Å²) in [5.74, 6) is -1.01. The molecule has 0 bridgehead atoms. The Kier molecular flexibility index (Phi) is 6.11. The standard InChI is InChI=1S/C13H20N2O4/c1-15(2)7-9-19-8-6-14-13(18)12-10(16)4-3-5-11(12)17/h3-5,16-17H,6-9H2,1-2H3,(H,14,18). The Morgan fingerprint density at radius 3 is 2.47 bits per heavy atom. The maximum absolute atomic E-state index is 11.7. The van der Waals surface area contributed by atoms with Crippen LogP contribution in [0.15, 0.2) is 18.2 Å². The van der Waals surface area contributed by atoms with E-state index in [2.05, 4.69) is 5.32 Å². The van der Waals surface area contributed by atoms with Crippen molar-refractivity contribution in [3.63, 3.8) is 0 Å². The van der Waals surface area contributed by atoms with Gasteiger partial charge < -0.3 is 25.2 Å². The van der Waals surface area contributed by atoms with Gasteiger partial charge in [0.1, 0.15) is 17.1 Å². The van der Waals surface area contributed by atoms with Gasteiger partial charge in [-0.25, -0.2) is 0 Å². The molecule has 0 atom stereocenters. The number of ether oxygens (including phenoxy) is 1. The summed E-state index contributed by atoms with van der Waals surface area (Å²) < 4.78 is 5.31. The van der Waals surface area contributed by atoms with Gasteiger partial charge in [-0.2, -0.15) is 0 Å². The van der Waals surface area contributed by atoms with Crippen molar-refractivity contribution < 1.29 is 19.7 Å². The second-order valence-electron chi connectivity index (χ2n) is 4.34. The number of hydrogen-bond donors (Lipinski definition) is 3. The van der Waals surface area contributed by atoms with Crippen LogP contribution >= 0.6 is 0 Å². The number of nitrogens with zero attached hydrogens (tertiary/aromatic N) is 1. The molecule has 3 N–H and O–H groups in total. The summed E-state index contributed by atoms with van der Waals surface area (Å²) in [5.41, 5.74) is -0.115. The Balaban J connectivity index is 2.32. The minimum atomic E-state index is -0.521. The molecule has 0 heterocycles. The first-order valence-corrected chi connectivity index (χ1v) is 6.04. The Labute approximate surface area is 112 Å². The van der Waals surface area contributed by atoms with E-state index < -0.39 is 5.91 Å². The molecule has 6 nitrogen and oxygen atoms in total. The van der Waals surface area contributed by atoms with Crippen LogP contribution in [-0.4, -0.2) is 61.4 Å². The molecule has 6 heteroatoms. The van der Waals surface area contributed by atoms with E-state index in [0.717, 1.165) is 6.54 Å². The molecule has 1 amide bonds. The van der Waals surface area contributed by atoms with Gasteiger partial charge in [-0.3, -0.25) is 4.79 Å². The maximum atomic E-state index is 11.7. The highest BCUT2D eigenvalue weighted by Crippen LogP contribution is 2.25. The molecule has 0 fully saturated rings. The van der Waals surface area contributed by atoms with E-state index in [-0.39, 0.29) is 17.1 Å². The average molecular weight is 268 g/mol. The largest absolute Gasteiger partial charge is 0.507 e. The first-order valence-electron chi connectivity index (χ1n) is 6.04. The molecule has 106 valence electrons. The van der Waals surface area contributed by atoms with Gasteiger partial charge in [-0.1, -0.05) is 6.07 Å². The third-order valence-corrected chi connectivity index (χ3v) is 2.46. The van der Waals surface area contributed by atoms with Gasteiger partial charge in [-0.15, -0.1) is 0 Å². The molecule has 19 heavy (non-hydrogen) atoms. The van der Waals surface area contributed by atoms with Crippen LogP contribution in [0.2, 0.25) is 0 Å². The molecule has 0 spiro atoms. The number of nitrogens with one attached hydrogen (secondary N) is 1. The molecule has 0 aromatic heterocycles. The first-order chi connectivity index (χ1) is 9.02.